The van der Waals surface area contributed by atoms with Crippen molar-refractivity contribution in [1.29, 1.82) is 0 Å². The molecule has 2 aliphatic heterocycles. The zero-order valence-corrected chi connectivity index (χ0v) is 17.1. The van der Waals surface area contributed by atoms with Crippen molar-refractivity contribution in [1.82, 2.24) is 5.01 Å². The summed E-state index contributed by atoms with van der Waals surface area (Å²) in [5, 5.41) is 7.65. The highest BCUT2D eigenvalue weighted by Gasteiger charge is 2.41. The van der Waals surface area contributed by atoms with E-state index in [1.807, 2.05) is 42.3 Å². The lowest BCUT2D eigenvalue weighted by molar-refractivity contribution is -0.0190. The van der Waals surface area contributed by atoms with E-state index in [0.717, 1.165) is 40.5 Å². The quantitative estimate of drug-likeness (QED) is 0.481. The molecule has 0 spiro atoms. The van der Waals surface area contributed by atoms with Crippen LogP contribution in [0, 0.1) is 6.92 Å². The number of halogens is 1. The SMILES string of the molecule is CSc1ccc([C@H]2Oc3ccc(Cl)cc3[C@@H]3CC(c4ccc(C)o4)=NN23)cc1. The van der Waals surface area contributed by atoms with Crippen LogP contribution in [0.25, 0.3) is 0 Å². The Balaban J connectivity index is 1.58. The number of fused-ring (bicyclic) bond motifs is 3. The largest absolute Gasteiger partial charge is 0.464 e. The summed E-state index contributed by atoms with van der Waals surface area (Å²) in [6.45, 7) is 1.95. The first-order chi connectivity index (χ1) is 13.6. The summed E-state index contributed by atoms with van der Waals surface area (Å²) in [5.74, 6) is 2.55. The Morgan fingerprint density at radius 2 is 1.93 bits per heavy atom. The first-order valence-corrected chi connectivity index (χ1v) is 10.8. The number of hydrazone groups is 1. The third-order valence-corrected chi connectivity index (χ3v) is 6.16. The van der Waals surface area contributed by atoms with Crippen molar-refractivity contribution in [2.24, 2.45) is 5.10 Å². The fourth-order valence-corrected chi connectivity index (χ4v) is 4.37. The van der Waals surface area contributed by atoms with Gasteiger partial charge in [0, 0.05) is 27.5 Å². The van der Waals surface area contributed by atoms with Gasteiger partial charge in [-0.25, -0.2) is 5.01 Å². The summed E-state index contributed by atoms with van der Waals surface area (Å²) in [4.78, 5) is 1.22. The second kappa shape index (κ2) is 6.90. The van der Waals surface area contributed by atoms with E-state index in [1.165, 1.54) is 4.90 Å². The van der Waals surface area contributed by atoms with Gasteiger partial charge in [0.05, 0.1) is 6.04 Å². The van der Waals surface area contributed by atoms with Crippen molar-refractivity contribution < 1.29 is 9.15 Å². The van der Waals surface area contributed by atoms with E-state index in [9.17, 15) is 0 Å². The Kier molecular flexibility index (Phi) is 4.37. The smallest absolute Gasteiger partial charge is 0.213 e. The van der Waals surface area contributed by atoms with E-state index in [4.69, 9.17) is 25.9 Å². The number of rotatable bonds is 3. The highest BCUT2D eigenvalue weighted by atomic mass is 35.5. The van der Waals surface area contributed by atoms with Crippen LogP contribution in [0.15, 0.2) is 69.0 Å². The molecule has 2 aromatic carbocycles. The Bertz CT molecular complexity index is 1060. The van der Waals surface area contributed by atoms with Gasteiger partial charge in [0.25, 0.3) is 0 Å². The minimum atomic E-state index is -0.289. The maximum Gasteiger partial charge on any atom is 0.213 e. The molecule has 0 fully saturated rings. The van der Waals surface area contributed by atoms with Gasteiger partial charge in [0.15, 0.2) is 0 Å². The lowest BCUT2D eigenvalue weighted by Gasteiger charge is -2.38. The number of ether oxygens (including phenoxy) is 1. The number of thioether (sulfide) groups is 1. The van der Waals surface area contributed by atoms with Crippen molar-refractivity contribution in [3.05, 3.63) is 82.3 Å². The zero-order chi connectivity index (χ0) is 19.3. The fourth-order valence-electron chi connectivity index (χ4n) is 3.79. The summed E-state index contributed by atoms with van der Waals surface area (Å²) in [7, 11) is 0. The highest BCUT2D eigenvalue weighted by Crippen LogP contribution is 2.48. The number of furan rings is 1. The molecule has 1 aromatic heterocycles. The molecule has 0 unspecified atom stereocenters. The molecule has 0 radical (unpaired) electrons. The molecule has 28 heavy (non-hydrogen) atoms. The number of hydrogen-bond acceptors (Lipinski definition) is 5. The maximum atomic E-state index is 6.37. The van der Waals surface area contributed by atoms with Crippen LogP contribution in [-0.4, -0.2) is 17.0 Å². The molecule has 5 rings (SSSR count). The van der Waals surface area contributed by atoms with E-state index >= 15 is 0 Å². The molecule has 0 amide bonds. The average Bonchev–Trinajstić information content (AvgIpc) is 3.34. The molecule has 142 valence electrons. The van der Waals surface area contributed by atoms with Crippen LogP contribution < -0.4 is 4.74 Å². The van der Waals surface area contributed by atoms with Gasteiger partial charge in [-0.3, -0.25) is 0 Å². The van der Waals surface area contributed by atoms with Crippen molar-refractivity contribution >= 4 is 29.1 Å². The van der Waals surface area contributed by atoms with E-state index in [1.54, 1.807) is 11.8 Å². The van der Waals surface area contributed by atoms with E-state index < -0.39 is 0 Å². The molecule has 0 bridgehead atoms. The van der Waals surface area contributed by atoms with Gasteiger partial charge in [0.2, 0.25) is 6.23 Å². The third kappa shape index (κ3) is 2.99. The molecule has 0 saturated heterocycles. The summed E-state index contributed by atoms with van der Waals surface area (Å²) in [6.07, 6.45) is 2.54. The second-order valence-corrected chi connectivity index (χ2v) is 8.30. The highest BCUT2D eigenvalue weighted by molar-refractivity contribution is 7.98. The lowest BCUT2D eigenvalue weighted by atomic mass is 9.97. The Labute approximate surface area is 173 Å². The van der Waals surface area contributed by atoms with Gasteiger partial charge in [-0.05, 0) is 55.6 Å². The van der Waals surface area contributed by atoms with Crippen LogP contribution in [0.5, 0.6) is 5.75 Å². The van der Waals surface area contributed by atoms with Gasteiger partial charge in [-0.1, -0.05) is 23.7 Å². The molecule has 0 saturated carbocycles. The standard InChI is InChI=1S/C22H19ClN2O2S/c1-13-3-9-21(26-13)18-12-19-17-11-15(23)6-10-20(17)27-22(25(19)24-18)14-4-7-16(28-2)8-5-14/h3-11,19,22H,12H2,1-2H3/t19-,22+/m0/s1. The topological polar surface area (TPSA) is 38.0 Å². The van der Waals surface area contributed by atoms with E-state index in [0.29, 0.717) is 5.02 Å². The van der Waals surface area contributed by atoms with Crippen LogP contribution in [0.1, 0.15) is 41.3 Å². The molecule has 3 aromatic rings. The van der Waals surface area contributed by atoms with Gasteiger partial charge >= 0.3 is 0 Å². The summed E-state index contributed by atoms with van der Waals surface area (Å²) in [6, 6.07) is 18.3. The Morgan fingerprint density at radius 1 is 1.11 bits per heavy atom. The van der Waals surface area contributed by atoms with Crippen molar-refractivity contribution in [2.75, 3.05) is 6.26 Å². The first kappa shape index (κ1) is 17.7. The minimum absolute atomic E-state index is 0.0630. The molecule has 2 atom stereocenters. The fraction of sp³-hybridized carbons (Fsp3) is 0.227. The van der Waals surface area contributed by atoms with Crippen molar-refractivity contribution in [2.45, 2.75) is 30.5 Å². The number of nitrogens with zero attached hydrogens (tertiary/aromatic N) is 2. The van der Waals surface area contributed by atoms with Gasteiger partial charge < -0.3 is 9.15 Å². The molecule has 0 aliphatic carbocycles. The molecular weight excluding hydrogens is 392 g/mol. The molecule has 3 heterocycles. The van der Waals surface area contributed by atoms with E-state index in [2.05, 4.69) is 30.5 Å². The number of hydrogen-bond donors (Lipinski definition) is 0. The van der Waals surface area contributed by atoms with Crippen LogP contribution in [0.4, 0.5) is 0 Å². The van der Waals surface area contributed by atoms with Crippen molar-refractivity contribution in [3.63, 3.8) is 0 Å². The minimum Gasteiger partial charge on any atom is -0.464 e. The molecular formula is C22H19ClN2O2S. The zero-order valence-electron chi connectivity index (χ0n) is 15.6. The predicted molar refractivity (Wildman–Crippen MR) is 112 cm³/mol. The van der Waals surface area contributed by atoms with Gasteiger partial charge in [-0.15, -0.1) is 11.8 Å². The first-order valence-electron chi connectivity index (χ1n) is 9.15. The van der Waals surface area contributed by atoms with Gasteiger partial charge in [-0.2, -0.15) is 5.10 Å². The third-order valence-electron chi connectivity index (χ3n) is 5.18. The van der Waals surface area contributed by atoms with Crippen LogP contribution in [0.3, 0.4) is 0 Å². The summed E-state index contributed by atoms with van der Waals surface area (Å²) in [5.41, 5.74) is 3.07. The lowest BCUT2D eigenvalue weighted by Crippen LogP contribution is -2.33. The molecule has 2 aliphatic rings. The Morgan fingerprint density at radius 3 is 2.64 bits per heavy atom. The predicted octanol–water partition coefficient (Wildman–Crippen LogP) is 6.21. The van der Waals surface area contributed by atoms with E-state index in [-0.39, 0.29) is 12.3 Å². The second-order valence-electron chi connectivity index (χ2n) is 6.98. The van der Waals surface area contributed by atoms with Crippen LogP contribution >= 0.6 is 23.4 Å². The van der Waals surface area contributed by atoms with Gasteiger partial charge in [0.1, 0.15) is 23.0 Å². The molecule has 0 N–H and O–H groups in total. The molecule has 6 heteroatoms. The number of benzene rings is 2. The summed E-state index contributed by atoms with van der Waals surface area (Å²) < 4.78 is 12.2. The summed E-state index contributed by atoms with van der Waals surface area (Å²) >= 11 is 8.00. The Hall–Kier alpha value is -2.37. The van der Waals surface area contributed by atoms with Crippen LogP contribution in [-0.2, 0) is 0 Å². The van der Waals surface area contributed by atoms with Crippen molar-refractivity contribution in [3.8, 4) is 5.75 Å². The normalized spacial score (nSPS) is 20.4. The maximum absolute atomic E-state index is 6.37. The average molecular weight is 411 g/mol. The van der Waals surface area contributed by atoms with Crippen LogP contribution in [0.2, 0.25) is 5.02 Å². The monoisotopic (exact) mass is 410 g/mol. The number of aryl methyl sites for hydroxylation is 1. The molecule has 4 nitrogen and oxygen atoms in total.